The molecule has 1 unspecified atom stereocenters. The summed E-state index contributed by atoms with van der Waals surface area (Å²) in [6, 6.07) is 3.05. The Morgan fingerprint density at radius 2 is 1.71 bits per heavy atom. The van der Waals surface area contributed by atoms with Crippen LogP contribution in [0.5, 0.6) is 0 Å². The molecule has 0 aliphatic carbocycles. The van der Waals surface area contributed by atoms with Gasteiger partial charge >= 0.3 is 0 Å². The fraction of sp³-hybridized carbons (Fsp3) is 0.727. The Balaban J connectivity index is 5.17. The van der Waals surface area contributed by atoms with Gasteiger partial charge in [-0.2, -0.15) is 0 Å². The molecule has 0 fully saturated rings. The smallest absolute Gasteiger partial charge is 0.0977 e. The van der Waals surface area contributed by atoms with Gasteiger partial charge in [0.2, 0.25) is 0 Å². The van der Waals surface area contributed by atoms with Crippen LogP contribution < -0.4 is 0 Å². The zero-order valence-corrected chi connectivity index (χ0v) is 10.9. The molecule has 0 heterocycles. The highest BCUT2D eigenvalue weighted by atomic mass is 28.3. The van der Waals surface area contributed by atoms with Crippen LogP contribution in [0.1, 0.15) is 27.7 Å². The maximum Gasteiger partial charge on any atom is 0.0977 e. The summed E-state index contributed by atoms with van der Waals surface area (Å²) in [5, 5.41) is 17.3. The second-order valence-electron chi connectivity index (χ2n) is 4.03. The number of aliphatic hydroxyl groups is 1. The van der Waals surface area contributed by atoms with Crippen LogP contribution in [-0.4, -0.2) is 24.1 Å². The van der Waals surface area contributed by atoms with Crippen molar-refractivity contribution < 1.29 is 5.11 Å². The first kappa shape index (κ1) is 13.6. The van der Waals surface area contributed by atoms with Gasteiger partial charge in [0.1, 0.15) is 0 Å². The van der Waals surface area contributed by atoms with Crippen LogP contribution in [0.15, 0.2) is 12.7 Å². The Bertz CT molecular complexity index is 211. The molecule has 0 aliphatic heterocycles. The molecular formula is C11H23NOSi. The van der Waals surface area contributed by atoms with E-state index < -0.39 is 13.3 Å². The topological polar surface area (TPSA) is 44.1 Å². The molecule has 0 saturated heterocycles. The molecule has 14 heavy (non-hydrogen) atoms. The van der Waals surface area contributed by atoms with E-state index in [0.29, 0.717) is 0 Å². The van der Waals surface area contributed by atoms with Gasteiger partial charge < -0.3 is 10.5 Å². The molecule has 0 bridgehead atoms. The molecular weight excluding hydrogens is 190 g/mol. The summed E-state index contributed by atoms with van der Waals surface area (Å²) in [7, 11) is -1.77. The quantitative estimate of drug-likeness (QED) is 0.517. The molecule has 1 atom stereocenters. The zero-order valence-electron chi connectivity index (χ0n) is 9.85. The molecule has 0 spiro atoms. The van der Waals surface area contributed by atoms with Crippen LogP contribution in [0.2, 0.25) is 18.1 Å². The summed E-state index contributed by atoms with van der Waals surface area (Å²) in [6.45, 7) is 11.8. The number of hydrogen-bond acceptors (Lipinski definition) is 2. The van der Waals surface area contributed by atoms with Crippen LogP contribution in [0, 0.1) is 5.41 Å². The lowest BCUT2D eigenvalue weighted by atomic mass is 10.2. The number of hydrogen-bond donors (Lipinski definition) is 2. The molecule has 0 aromatic carbocycles. The van der Waals surface area contributed by atoms with Crippen LogP contribution in [-0.2, 0) is 0 Å². The van der Waals surface area contributed by atoms with E-state index in [1.54, 1.807) is 6.92 Å². The van der Waals surface area contributed by atoms with Crippen molar-refractivity contribution in [3.8, 4) is 0 Å². The third-order valence-electron chi connectivity index (χ3n) is 3.79. The lowest BCUT2D eigenvalue weighted by Crippen LogP contribution is -2.59. The second kappa shape index (κ2) is 4.89. The van der Waals surface area contributed by atoms with Crippen molar-refractivity contribution in [2.75, 3.05) is 0 Å². The van der Waals surface area contributed by atoms with Crippen LogP contribution in [0.25, 0.3) is 0 Å². The molecule has 0 aliphatic rings. The minimum Gasteiger partial charge on any atom is -0.388 e. The highest BCUT2D eigenvalue weighted by Gasteiger charge is 2.47. The SMILES string of the molecule is C=CC(=N)C(C)(O)[Si](CC)(CC)CC. The predicted octanol–water partition coefficient (Wildman–Crippen LogP) is 2.99. The van der Waals surface area contributed by atoms with Crippen molar-refractivity contribution >= 4 is 13.8 Å². The summed E-state index contributed by atoms with van der Waals surface area (Å²) in [4.78, 5) is 0. The van der Waals surface area contributed by atoms with Gasteiger partial charge in [-0.25, -0.2) is 0 Å². The summed E-state index contributed by atoms with van der Waals surface area (Å²) in [6.07, 6.45) is 1.47. The molecule has 0 aromatic heterocycles. The first-order chi connectivity index (χ1) is 6.41. The summed E-state index contributed by atoms with van der Waals surface area (Å²) >= 11 is 0. The predicted molar refractivity (Wildman–Crippen MR) is 65.7 cm³/mol. The van der Waals surface area contributed by atoms with Gasteiger partial charge in [-0.15, -0.1) is 0 Å². The normalized spacial score (nSPS) is 16.1. The molecule has 0 amide bonds. The molecule has 0 rings (SSSR count). The van der Waals surface area contributed by atoms with Crippen LogP contribution in [0.4, 0.5) is 0 Å². The lowest BCUT2D eigenvalue weighted by molar-refractivity contribution is 0.203. The van der Waals surface area contributed by atoms with Crippen molar-refractivity contribution in [2.45, 2.75) is 51.1 Å². The molecule has 0 radical (unpaired) electrons. The maximum absolute atomic E-state index is 10.5. The second-order valence-corrected chi connectivity index (χ2v) is 9.69. The summed E-state index contributed by atoms with van der Waals surface area (Å²) in [5.41, 5.74) is 0.287. The summed E-state index contributed by atoms with van der Waals surface area (Å²) in [5.74, 6) is 0. The minimum atomic E-state index is -1.77. The Labute approximate surface area is 88.6 Å². The zero-order chi connectivity index (χ0) is 11.4. The minimum absolute atomic E-state index is 0.287. The first-order valence-corrected chi connectivity index (χ1v) is 7.97. The average Bonchev–Trinajstić information content (AvgIpc) is 2.19. The van der Waals surface area contributed by atoms with Crippen molar-refractivity contribution in [3.63, 3.8) is 0 Å². The fourth-order valence-electron chi connectivity index (χ4n) is 2.27. The van der Waals surface area contributed by atoms with E-state index in [9.17, 15) is 5.11 Å². The molecule has 3 heteroatoms. The number of nitrogens with one attached hydrogen (secondary N) is 1. The monoisotopic (exact) mass is 213 g/mol. The van der Waals surface area contributed by atoms with Crippen LogP contribution >= 0.6 is 0 Å². The first-order valence-electron chi connectivity index (χ1n) is 5.35. The Morgan fingerprint density at radius 1 is 1.36 bits per heavy atom. The van der Waals surface area contributed by atoms with Gasteiger partial charge in [0, 0.05) is 0 Å². The van der Waals surface area contributed by atoms with Crippen molar-refractivity contribution in [1.29, 1.82) is 5.41 Å². The maximum atomic E-state index is 10.5. The summed E-state index contributed by atoms with van der Waals surface area (Å²) < 4.78 is 0. The van der Waals surface area contributed by atoms with E-state index in [1.165, 1.54) is 6.08 Å². The van der Waals surface area contributed by atoms with E-state index in [2.05, 4.69) is 27.4 Å². The third kappa shape index (κ3) is 1.98. The van der Waals surface area contributed by atoms with E-state index in [0.717, 1.165) is 18.1 Å². The van der Waals surface area contributed by atoms with Crippen molar-refractivity contribution in [2.24, 2.45) is 0 Å². The highest BCUT2D eigenvalue weighted by Crippen LogP contribution is 2.33. The number of rotatable bonds is 6. The Hall–Kier alpha value is -0.413. The van der Waals surface area contributed by atoms with E-state index >= 15 is 0 Å². The van der Waals surface area contributed by atoms with Gasteiger partial charge in [-0.3, -0.25) is 0 Å². The Morgan fingerprint density at radius 3 is 1.93 bits per heavy atom. The van der Waals surface area contributed by atoms with Crippen LogP contribution in [0.3, 0.4) is 0 Å². The van der Waals surface area contributed by atoms with Gasteiger partial charge in [-0.1, -0.05) is 45.5 Å². The molecule has 2 nitrogen and oxygen atoms in total. The van der Waals surface area contributed by atoms with Gasteiger partial charge in [0.25, 0.3) is 0 Å². The molecule has 82 valence electrons. The molecule has 0 aromatic rings. The van der Waals surface area contributed by atoms with Gasteiger partial charge in [-0.05, 0) is 13.0 Å². The molecule has 2 N–H and O–H groups in total. The lowest BCUT2D eigenvalue weighted by Gasteiger charge is -2.42. The standard InChI is InChI=1S/C11H23NOSi/c1-6-10(12)11(5,13)14(7-2,8-3)9-4/h6,12-13H,1,7-9H2,2-5H3. The fourth-order valence-corrected chi connectivity index (χ4v) is 6.51. The van der Waals surface area contributed by atoms with Crippen molar-refractivity contribution in [1.82, 2.24) is 0 Å². The van der Waals surface area contributed by atoms with E-state index in [4.69, 9.17) is 5.41 Å². The molecule has 0 saturated carbocycles. The van der Waals surface area contributed by atoms with Crippen molar-refractivity contribution in [3.05, 3.63) is 12.7 Å². The third-order valence-corrected chi connectivity index (χ3v) is 10.2. The van der Waals surface area contributed by atoms with E-state index in [1.807, 2.05) is 0 Å². The highest BCUT2D eigenvalue weighted by molar-refractivity contribution is 6.85. The van der Waals surface area contributed by atoms with E-state index in [-0.39, 0.29) is 5.71 Å². The Kier molecular flexibility index (Phi) is 4.75. The van der Waals surface area contributed by atoms with Gasteiger partial charge in [0.05, 0.1) is 19.0 Å². The average molecular weight is 213 g/mol. The van der Waals surface area contributed by atoms with Gasteiger partial charge in [0.15, 0.2) is 0 Å². The largest absolute Gasteiger partial charge is 0.388 e.